The Bertz CT molecular complexity index is 503. The lowest BCUT2D eigenvalue weighted by Crippen LogP contribution is -1.95. The fraction of sp³-hybridized carbons (Fsp3) is 0.250. The Morgan fingerprint density at radius 3 is 2.75 bits per heavy atom. The number of nitrogens with two attached hydrogens (primary N) is 1. The van der Waals surface area contributed by atoms with Crippen LogP contribution < -0.4 is 5.73 Å². The number of H-pyrrole nitrogens is 1. The summed E-state index contributed by atoms with van der Waals surface area (Å²) in [6.07, 6.45) is 0. The molecule has 16 heavy (non-hydrogen) atoms. The van der Waals surface area contributed by atoms with Gasteiger partial charge in [0, 0.05) is 11.1 Å². The van der Waals surface area contributed by atoms with Crippen molar-refractivity contribution in [2.75, 3.05) is 5.73 Å². The van der Waals surface area contributed by atoms with E-state index in [0.29, 0.717) is 5.82 Å². The zero-order valence-electron chi connectivity index (χ0n) is 9.29. The molecule has 0 aliphatic carbocycles. The molecule has 0 saturated heterocycles. The maximum Gasteiger partial charge on any atom is 0.149 e. The maximum atomic E-state index is 13.1. The van der Waals surface area contributed by atoms with Gasteiger partial charge < -0.3 is 5.73 Å². The molecule has 0 unspecified atom stereocenters. The molecule has 0 spiro atoms. The van der Waals surface area contributed by atoms with E-state index >= 15 is 0 Å². The van der Waals surface area contributed by atoms with Gasteiger partial charge >= 0.3 is 0 Å². The van der Waals surface area contributed by atoms with Gasteiger partial charge in [-0.05, 0) is 18.1 Å². The highest BCUT2D eigenvalue weighted by Gasteiger charge is 2.15. The van der Waals surface area contributed by atoms with Crippen molar-refractivity contribution in [3.63, 3.8) is 0 Å². The Hall–Kier alpha value is -1.84. The highest BCUT2D eigenvalue weighted by Crippen LogP contribution is 2.31. The molecule has 1 aromatic carbocycles. The quantitative estimate of drug-likeness (QED) is 0.815. The van der Waals surface area contributed by atoms with Gasteiger partial charge in [0.2, 0.25) is 0 Å². The Balaban J connectivity index is 2.56. The van der Waals surface area contributed by atoms with Crippen molar-refractivity contribution in [2.45, 2.75) is 19.8 Å². The smallest absolute Gasteiger partial charge is 0.149 e. The van der Waals surface area contributed by atoms with Crippen molar-refractivity contribution in [1.29, 1.82) is 0 Å². The van der Waals surface area contributed by atoms with Crippen LogP contribution in [0.5, 0.6) is 0 Å². The van der Waals surface area contributed by atoms with Crippen molar-refractivity contribution in [2.24, 2.45) is 0 Å². The van der Waals surface area contributed by atoms with Crippen LogP contribution in [0.2, 0.25) is 0 Å². The van der Waals surface area contributed by atoms with Crippen LogP contribution in [0.4, 0.5) is 10.2 Å². The first-order valence-electron chi connectivity index (χ1n) is 5.19. The minimum absolute atomic E-state index is 0.247. The summed E-state index contributed by atoms with van der Waals surface area (Å²) in [5, 5.41) is 6.83. The summed E-state index contributed by atoms with van der Waals surface area (Å²) in [7, 11) is 0. The first-order valence-corrected chi connectivity index (χ1v) is 5.19. The van der Waals surface area contributed by atoms with Crippen LogP contribution in [0.15, 0.2) is 24.3 Å². The number of nitrogens with zero attached hydrogens (tertiary/aromatic N) is 1. The van der Waals surface area contributed by atoms with Gasteiger partial charge in [-0.15, -0.1) is 0 Å². The number of aromatic nitrogens is 2. The van der Waals surface area contributed by atoms with Gasteiger partial charge in [0.1, 0.15) is 11.6 Å². The molecular weight excluding hydrogens is 205 g/mol. The summed E-state index contributed by atoms with van der Waals surface area (Å²) in [6, 6.07) is 6.39. The van der Waals surface area contributed by atoms with E-state index in [1.54, 1.807) is 6.07 Å². The number of nitrogens with one attached hydrogen (secondary N) is 1. The van der Waals surface area contributed by atoms with Crippen molar-refractivity contribution in [1.82, 2.24) is 10.2 Å². The molecule has 1 heterocycles. The number of hydrogen-bond acceptors (Lipinski definition) is 2. The van der Waals surface area contributed by atoms with E-state index in [-0.39, 0.29) is 11.7 Å². The van der Waals surface area contributed by atoms with E-state index in [1.165, 1.54) is 12.1 Å². The van der Waals surface area contributed by atoms with Crippen molar-refractivity contribution >= 4 is 5.82 Å². The summed E-state index contributed by atoms with van der Waals surface area (Å²) in [6.45, 7) is 4.06. The summed E-state index contributed by atoms with van der Waals surface area (Å²) < 4.78 is 13.1. The van der Waals surface area contributed by atoms with Crippen LogP contribution in [-0.4, -0.2) is 10.2 Å². The number of halogens is 1. The zero-order valence-corrected chi connectivity index (χ0v) is 9.29. The summed E-state index contributed by atoms with van der Waals surface area (Å²) in [5.74, 6) is 0.464. The van der Waals surface area contributed by atoms with Crippen molar-refractivity contribution < 1.29 is 4.39 Å². The van der Waals surface area contributed by atoms with Crippen LogP contribution in [0.1, 0.15) is 25.3 Å². The van der Waals surface area contributed by atoms with E-state index in [0.717, 1.165) is 16.8 Å². The molecule has 3 N–H and O–H groups in total. The third kappa shape index (κ3) is 1.78. The number of nitrogen functional groups attached to an aromatic ring is 1. The molecule has 84 valence electrons. The maximum absolute atomic E-state index is 13.1. The molecular formula is C12H14FN3. The van der Waals surface area contributed by atoms with Gasteiger partial charge in [0.15, 0.2) is 0 Å². The lowest BCUT2D eigenvalue weighted by Gasteiger charge is -2.07. The van der Waals surface area contributed by atoms with E-state index < -0.39 is 0 Å². The second-order valence-corrected chi connectivity index (χ2v) is 4.06. The summed E-state index contributed by atoms with van der Waals surface area (Å²) in [5.41, 5.74) is 8.29. The van der Waals surface area contributed by atoms with Crippen LogP contribution in [-0.2, 0) is 0 Å². The Morgan fingerprint density at radius 2 is 2.12 bits per heavy atom. The molecule has 0 aliphatic heterocycles. The Kier molecular flexibility index (Phi) is 2.64. The molecule has 0 amide bonds. The predicted octanol–water partition coefficient (Wildman–Crippen LogP) is 2.92. The van der Waals surface area contributed by atoms with Gasteiger partial charge in [-0.1, -0.05) is 26.0 Å². The fourth-order valence-corrected chi connectivity index (χ4v) is 1.81. The molecule has 0 bridgehead atoms. The molecule has 1 aromatic heterocycles. The summed E-state index contributed by atoms with van der Waals surface area (Å²) >= 11 is 0. The molecule has 0 radical (unpaired) electrons. The lowest BCUT2D eigenvalue weighted by atomic mass is 9.99. The first kappa shape index (κ1) is 10.7. The van der Waals surface area contributed by atoms with Crippen LogP contribution >= 0.6 is 0 Å². The van der Waals surface area contributed by atoms with Gasteiger partial charge in [-0.25, -0.2) is 4.39 Å². The molecule has 3 nitrogen and oxygen atoms in total. The SMILES string of the molecule is CC(C)c1c(N)n[nH]c1-c1cccc(F)c1. The van der Waals surface area contributed by atoms with Gasteiger partial charge in [-0.2, -0.15) is 5.10 Å². The highest BCUT2D eigenvalue weighted by molar-refractivity contribution is 5.68. The van der Waals surface area contributed by atoms with E-state index in [2.05, 4.69) is 10.2 Å². The topological polar surface area (TPSA) is 54.7 Å². The zero-order chi connectivity index (χ0) is 11.7. The van der Waals surface area contributed by atoms with E-state index in [1.807, 2.05) is 19.9 Å². The number of benzene rings is 1. The standard InChI is InChI=1S/C12H14FN3/c1-7(2)10-11(15-16-12(10)14)8-4-3-5-9(13)6-8/h3-7H,1-2H3,(H3,14,15,16). The van der Waals surface area contributed by atoms with Crippen molar-refractivity contribution in [3.05, 3.63) is 35.6 Å². The lowest BCUT2D eigenvalue weighted by molar-refractivity contribution is 0.628. The molecule has 0 aliphatic rings. The average molecular weight is 219 g/mol. The summed E-state index contributed by atoms with van der Waals surface area (Å²) in [4.78, 5) is 0. The molecule has 4 heteroatoms. The van der Waals surface area contributed by atoms with Gasteiger partial charge in [0.25, 0.3) is 0 Å². The monoisotopic (exact) mass is 219 g/mol. The number of aromatic amines is 1. The van der Waals surface area contributed by atoms with Gasteiger partial charge in [-0.3, -0.25) is 5.10 Å². The molecule has 2 aromatic rings. The Morgan fingerprint density at radius 1 is 1.38 bits per heavy atom. The largest absolute Gasteiger partial charge is 0.382 e. The van der Waals surface area contributed by atoms with Crippen molar-refractivity contribution in [3.8, 4) is 11.3 Å². The molecule has 0 fully saturated rings. The molecule has 0 saturated carbocycles. The molecule has 0 atom stereocenters. The fourth-order valence-electron chi connectivity index (χ4n) is 1.81. The highest BCUT2D eigenvalue weighted by atomic mass is 19.1. The van der Waals surface area contributed by atoms with Crippen LogP contribution in [0.25, 0.3) is 11.3 Å². The normalized spacial score (nSPS) is 11.0. The third-order valence-corrected chi connectivity index (χ3v) is 2.52. The first-order chi connectivity index (χ1) is 7.59. The van der Waals surface area contributed by atoms with Crippen LogP contribution in [0, 0.1) is 5.82 Å². The number of rotatable bonds is 2. The number of hydrogen-bond donors (Lipinski definition) is 2. The average Bonchev–Trinajstić information content (AvgIpc) is 2.60. The van der Waals surface area contributed by atoms with E-state index in [4.69, 9.17) is 5.73 Å². The Labute approximate surface area is 93.5 Å². The molecule has 2 rings (SSSR count). The third-order valence-electron chi connectivity index (χ3n) is 2.52. The minimum Gasteiger partial charge on any atom is -0.382 e. The second kappa shape index (κ2) is 3.96. The van der Waals surface area contributed by atoms with E-state index in [9.17, 15) is 4.39 Å². The number of anilines is 1. The van der Waals surface area contributed by atoms with Gasteiger partial charge in [0.05, 0.1) is 5.69 Å². The second-order valence-electron chi connectivity index (χ2n) is 4.06. The minimum atomic E-state index is -0.264. The predicted molar refractivity (Wildman–Crippen MR) is 62.5 cm³/mol. The van der Waals surface area contributed by atoms with Crippen LogP contribution in [0.3, 0.4) is 0 Å².